The highest BCUT2D eigenvalue weighted by Gasteiger charge is 2.68. The van der Waals surface area contributed by atoms with Crippen LogP contribution >= 0.6 is 11.3 Å². The predicted molar refractivity (Wildman–Crippen MR) is 183 cm³/mol. The predicted octanol–water partition coefficient (Wildman–Crippen LogP) is 6.29. The standard InChI is InChI=1S/C34H24F7N9O3S2/c1-49-28-17(4-3-5-18(28)31(47-49)48-55(2,52)53)19-11-23-32(44-25(12-42)54-23)45-27(19)22(8-14-6-15(35)9-16(36)7-14)43-24(51)13-50-30-26(29(46-50)34(39,40)41)20-10-21(20)33(30,37)38/h3-7,9,11,20-22H,8,10,13H2,1-2H3,(H,43,51)(H,47,48)/t20-,21+,22?/m0/s1. The van der Waals surface area contributed by atoms with Crippen molar-refractivity contribution in [2.75, 3.05) is 11.0 Å². The summed E-state index contributed by atoms with van der Waals surface area (Å²) in [6.07, 6.45) is -4.66. The SMILES string of the molecule is Cn1nc(NS(C)(=O)=O)c2cccc(-c3cc4sc(C#N)nc4nc3C(Cc3cc(F)cc(F)c3)NC(=O)Cn3nc(C(F)(F)F)c4c3C(F)(F)[C@@H]3C[C@H]43)c21. The van der Waals surface area contributed by atoms with Crippen molar-refractivity contribution in [1.29, 1.82) is 5.26 Å². The lowest BCUT2D eigenvalue weighted by Gasteiger charge is -2.23. The Bertz CT molecular complexity index is 2730. The van der Waals surface area contributed by atoms with Gasteiger partial charge in [-0.25, -0.2) is 27.2 Å². The van der Waals surface area contributed by atoms with Crippen molar-refractivity contribution in [1.82, 2.24) is 34.8 Å². The number of pyridine rings is 1. The summed E-state index contributed by atoms with van der Waals surface area (Å²) in [4.78, 5) is 22.7. The van der Waals surface area contributed by atoms with Gasteiger partial charge in [-0.3, -0.25) is 18.9 Å². The normalized spacial score (nSPS) is 17.9. The number of aromatic nitrogens is 6. The van der Waals surface area contributed by atoms with Gasteiger partial charge in [-0.05, 0) is 48.6 Å². The van der Waals surface area contributed by atoms with E-state index < -0.39 is 81.0 Å². The number of rotatable bonds is 9. The van der Waals surface area contributed by atoms with Gasteiger partial charge in [0.15, 0.2) is 22.2 Å². The van der Waals surface area contributed by atoms with E-state index in [0.29, 0.717) is 31.9 Å². The fourth-order valence-corrected chi connectivity index (χ4v) is 8.61. The van der Waals surface area contributed by atoms with E-state index in [-0.39, 0.29) is 46.1 Å². The number of fused-ring (bicyclic) bond motifs is 5. The number of sulfonamides is 1. The third-order valence-corrected chi connectivity index (χ3v) is 10.9. The number of thiazole rings is 1. The number of alkyl halides is 5. The highest BCUT2D eigenvalue weighted by molar-refractivity contribution is 7.92. The van der Waals surface area contributed by atoms with Crippen LogP contribution in [0.2, 0.25) is 0 Å². The average molecular weight is 804 g/mol. The first kappa shape index (κ1) is 36.4. The first-order valence-electron chi connectivity index (χ1n) is 16.3. The Morgan fingerprint density at radius 1 is 1.11 bits per heavy atom. The number of benzene rings is 2. The van der Waals surface area contributed by atoms with Crippen LogP contribution in [0.5, 0.6) is 0 Å². The van der Waals surface area contributed by atoms with Crippen LogP contribution in [-0.2, 0) is 46.9 Å². The molecule has 3 atom stereocenters. The molecule has 0 radical (unpaired) electrons. The highest BCUT2D eigenvalue weighted by atomic mass is 32.2. The maximum atomic E-state index is 15.3. The van der Waals surface area contributed by atoms with Gasteiger partial charge in [0.2, 0.25) is 15.9 Å². The number of hydrogen-bond acceptors (Lipinski definition) is 9. The molecule has 1 amide bonds. The second kappa shape index (κ2) is 12.5. The van der Waals surface area contributed by atoms with Gasteiger partial charge < -0.3 is 5.32 Å². The number of nitrogens with one attached hydrogen (secondary N) is 2. The van der Waals surface area contributed by atoms with E-state index in [1.165, 1.54) is 11.7 Å². The minimum atomic E-state index is -5.07. The molecule has 4 aromatic heterocycles. The molecule has 1 saturated carbocycles. The van der Waals surface area contributed by atoms with Crippen LogP contribution < -0.4 is 10.0 Å². The van der Waals surface area contributed by atoms with Crippen molar-refractivity contribution in [2.45, 2.75) is 43.4 Å². The summed E-state index contributed by atoms with van der Waals surface area (Å²) in [5.41, 5.74) is -2.07. The van der Waals surface area contributed by atoms with Crippen LogP contribution in [0.15, 0.2) is 42.5 Å². The number of anilines is 1. The van der Waals surface area contributed by atoms with Crippen LogP contribution in [0.4, 0.5) is 36.6 Å². The van der Waals surface area contributed by atoms with Gasteiger partial charge in [-0.15, -0.1) is 11.3 Å². The molecule has 2 aliphatic rings. The Balaban J connectivity index is 1.28. The second-order valence-corrected chi connectivity index (χ2v) is 16.1. The Morgan fingerprint density at radius 2 is 1.84 bits per heavy atom. The Morgan fingerprint density at radius 3 is 2.51 bits per heavy atom. The molecule has 55 heavy (non-hydrogen) atoms. The van der Waals surface area contributed by atoms with Crippen LogP contribution in [0, 0.1) is 28.9 Å². The summed E-state index contributed by atoms with van der Waals surface area (Å²) in [6, 6.07) is 9.58. The molecular formula is C34H24F7N9O3S2. The summed E-state index contributed by atoms with van der Waals surface area (Å²) >= 11 is 0.982. The number of hydrogen-bond donors (Lipinski definition) is 2. The van der Waals surface area contributed by atoms with Crippen LogP contribution in [0.25, 0.3) is 32.4 Å². The zero-order valence-corrected chi connectivity index (χ0v) is 29.8. The first-order chi connectivity index (χ1) is 25.8. The van der Waals surface area contributed by atoms with Gasteiger partial charge >= 0.3 is 6.18 Å². The minimum absolute atomic E-state index is 0.000111. The number of nitriles is 1. The van der Waals surface area contributed by atoms with E-state index in [1.54, 1.807) is 24.3 Å². The van der Waals surface area contributed by atoms with Crippen LogP contribution in [0.3, 0.4) is 0 Å². The molecule has 2 N–H and O–H groups in total. The number of carbonyl (C=O) groups is 1. The molecule has 4 heterocycles. The molecule has 6 aromatic rings. The minimum Gasteiger partial charge on any atom is -0.346 e. The monoisotopic (exact) mass is 803 g/mol. The molecule has 0 aliphatic heterocycles. The molecule has 2 aromatic carbocycles. The Kier molecular flexibility index (Phi) is 8.23. The Hall–Kier alpha value is -5.62. The van der Waals surface area contributed by atoms with Crippen molar-refractivity contribution in [3.8, 4) is 17.2 Å². The fraction of sp³-hybridized carbons (Fsp3) is 0.294. The van der Waals surface area contributed by atoms with Crippen LogP contribution in [0.1, 0.15) is 51.6 Å². The third-order valence-electron chi connectivity index (χ3n) is 9.47. The first-order valence-corrected chi connectivity index (χ1v) is 19.0. The van der Waals surface area contributed by atoms with Gasteiger partial charge in [0.25, 0.3) is 5.92 Å². The van der Waals surface area contributed by atoms with Gasteiger partial charge in [0.05, 0.1) is 28.2 Å². The zero-order chi connectivity index (χ0) is 39.4. The number of nitrogens with zero attached hydrogens (tertiary/aromatic N) is 7. The topological polar surface area (TPSA) is 160 Å². The molecule has 0 spiro atoms. The lowest BCUT2D eigenvalue weighted by molar-refractivity contribution is -0.142. The smallest absolute Gasteiger partial charge is 0.346 e. The highest BCUT2D eigenvalue weighted by Crippen LogP contribution is 2.68. The molecule has 284 valence electrons. The van der Waals surface area contributed by atoms with Crippen molar-refractivity contribution >= 4 is 54.3 Å². The summed E-state index contributed by atoms with van der Waals surface area (Å²) < 4.78 is 130. The lowest BCUT2D eigenvalue weighted by Crippen LogP contribution is -2.35. The van der Waals surface area contributed by atoms with Crippen LogP contribution in [-0.4, -0.2) is 50.1 Å². The van der Waals surface area contributed by atoms with Crippen molar-refractivity contribution in [3.63, 3.8) is 0 Å². The quantitative estimate of drug-likeness (QED) is 0.161. The third kappa shape index (κ3) is 6.41. The average Bonchev–Trinajstić information content (AvgIpc) is 3.36. The molecule has 2 aliphatic carbocycles. The summed E-state index contributed by atoms with van der Waals surface area (Å²) in [6.45, 7) is -1.08. The van der Waals surface area contributed by atoms with E-state index >= 15 is 8.78 Å². The maximum Gasteiger partial charge on any atom is 0.435 e. The lowest BCUT2D eigenvalue weighted by atomic mass is 9.94. The molecule has 1 unspecified atom stereocenters. The molecular weight excluding hydrogens is 780 g/mol. The molecule has 1 fully saturated rings. The van der Waals surface area contributed by atoms with Gasteiger partial charge in [-0.2, -0.15) is 37.4 Å². The molecule has 12 nitrogen and oxygen atoms in total. The summed E-state index contributed by atoms with van der Waals surface area (Å²) in [7, 11) is -2.24. The largest absolute Gasteiger partial charge is 0.435 e. The maximum absolute atomic E-state index is 15.3. The van der Waals surface area contributed by atoms with Gasteiger partial charge in [0, 0.05) is 41.1 Å². The second-order valence-electron chi connectivity index (χ2n) is 13.4. The van der Waals surface area contributed by atoms with E-state index in [2.05, 4.69) is 30.2 Å². The summed E-state index contributed by atoms with van der Waals surface area (Å²) in [5, 5.41) is 20.3. The fourth-order valence-electron chi connectivity index (χ4n) is 7.36. The van der Waals surface area contributed by atoms with Crippen molar-refractivity contribution < 1.29 is 43.9 Å². The van der Waals surface area contributed by atoms with Crippen molar-refractivity contribution in [2.24, 2.45) is 13.0 Å². The number of para-hydroxylation sites is 1. The summed E-state index contributed by atoms with van der Waals surface area (Å²) in [5.74, 6) is -9.08. The van der Waals surface area contributed by atoms with E-state index in [0.717, 1.165) is 29.7 Å². The number of halogens is 7. The molecule has 21 heteroatoms. The van der Waals surface area contributed by atoms with E-state index in [9.17, 15) is 40.4 Å². The van der Waals surface area contributed by atoms with Crippen molar-refractivity contribution in [3.05, 3.63) is 87.3 Å². The Labute approximate surface area is 309 Å². The van der Waals surface area contributed by atoms with E-state index in [1.807, 2.05) is 6.07 Å². The zero-order valence-electron chi connectivity index (χ0n) is 28.2. The molecule has 0 saturated heterocycles. The van der Waals surface area contributed by atoms with Gasteiger partial charge in [-0.1, -0.05) is 12.1 Å². The molecule has 8 rings (SSSR count). The van der Waals surface area contributed by atoms with Gasteiger partial charge in [0.1, 0.15) is 29.9 Å². The molecule has 0 bridgehead atoms. The van der Waals surface area contributed by atoms with E-state index in [4.69, 9.17) is 0 Å². The number of carbonyl (C=O) groups excluding carboxylic acids is 1. The number of amides is 1. The number of aryl methyl sites for hydroxylation is 1.